The summed E-state index contributed by atoms with van der Waals surface area (Å²) in [4.78, 5) is 46.2. The number of likely N-dealkylation sites (tertiary alicyclic amines) is 1. The van der Waals surface area contributed by atoms with Crippen LogP contribution in [0.4, 0.5) is 0 Å². The predicted octanol–water partition coefficient (Wildman–Crippen LogP) is -0.976. The number of nitrogens with one attached hydrogen (secondary N) is 2. The molecular weight excluding hydrogens is 250 g/mol. The van der Waals surface area contributed by atoms with Gasteiger partial charge >= 0.3 is 0 Å². The van der Waals surface area contributed by atoms with Gasteiger partial charge in [0.05, 0.1) is 0 Å². The number of amides is 4. The molecule has 2 N–H and O–H groups in total. The van der Waals surface area contributed by atoms with Crippen molar-refractivity contribution in [3.63, 3.8) is 0 Å². The molecule has 0 aromatic heterocycles. The highest BCUT2D eigenvalue weighted by Gasteiger charge is 2.35. The van der Waals surface area contributed by atoms with Crippen LogP contribution < -0.4 is 10.6 Å². The lowest BCUT2D eigenvalue weighted by Crippen LogP contribution is -2.37. The van der Waals surface area contributed by atoms with Crippen LogP contribution in [0.25, 0.3) is 0 Å². The zero-order valence-corrected chi connectivity index (χ0v) is 11.2. The zero-order valence-electron chi connectivity index (χ0n) is 11.2. The van der Waals surface area contributed by atoms with Crippen molar-refractivity contribution in [2.24, 2.45) is 5.92 Å². The largest absolute Gasteiger partial charge is 0.355 e. The Labute approximate surface area is 111 Å². The van der Waals surface area contributed by atoms with E-state index in [2.05, 4.69) is 10.6 Å². The third-order valence-corrected chi connectivity index (χ3v) is 2.85. The summed E-state index contributed by atoms with van der Waals surface area (Å²) in [5.41, 5.74) is 0. The van der Waals surface area contributed by atoms with Crippen LogP contribution in [-0.2, 0) is 19.2 Å². The number of nitrogens with zero attached hydrogens (tertiary/aromatic N) is 1. The summed E-state index contributed by atoms with van der Waals surface area (Å²) >= 11 is 0. The summed E-state index contributed by atoms with van der Waals surface area (Å²) in [6.45, 7) is 3.91. The Kier molecular flexibility index (Phi) is 5.47. The van der Waals surface area contributed by atoms with Gasteiger partial charge in [-0.3, -0.25) is 24.1 Å². The van der Waals surface area contributed by atoms with Gasteiger partial charge in [-0.2, -0.15) is 0 Å². The molecule has 1 unspecified atom stereocenters. The highest BCUT2D eigenvalue weighted by Crippen LogP contribution is 2.18. The molecule has 19 heavy (non-hydrogen) atoms. The molecule has 7 nitrogen and oxygen atoms in total. The van der Waals surface area contributed by atoms with Gasteiger partial charge in [0, 0.05) is 45.3 Å². The monoisotopic (exact) mass is 269 g/mol. The number of hydrogen-bond acceptors (Lipinski definition) is 4. The summed E-state index contributed by atoms with van der Waals surface area (Å²) in [6, 6.07) is 0. The van der Waals surface area contributed by atoms with Crippen molar-refractivity contribution in [3.8, 4) is 0 Å². The Balaban J connectivity index is 2.21. The summed E-state index contributed by atoms with van der Waals surface area (Å²) in [7, 11) is 0. The first-order chi connectivity index (χ1) is 8.91. The highest BCUT2D eigenvalue weighted by atomic mass is 16.2. The maximum absolute atomic E-state index is 11.6. The van der Waals surface area contributed by atoms with E-state index in [1.807, 2.05) is 0 Å². The lowest BCUT2D eigenvalue weighted by molar-refractivity contribution is -0.139. The number of hydrogen-bond donors (Lipinski definition) is 2. The van der Waals surface area contributed by atoms with Crippen LogP contribution >= 0.6 is 0 Å². The van der Waals surface area contributed by atoms with Gasteiger partial charge in [0.15, 0.2) is 0 Å². The van der Waals surface area contributed by atoms with Crippen molar-refractivity contribution in [1.29, 1.82) is 0 Å². The van der Waals surface area contributed by atoms with Gasteiger partial charge in [-0.1, -0.05) is 6.92 Å². The van der Waals surface area contributed by atoms with Gasteiger partial charge in [0.25, 0.3) is 0 Å². The number of rotatable bonds is 6. The average molecular weight is 269 g/mol. The number of carbonyl (C=O) groups excluding carboxylic acids is 4. The lowest BCUT2D eigenvalue weighted by atomic mass is 10.1. The molecule has 1 aliphatic rings. The second-order valence-electron chi connectivity index (χ2n) is 4.57. The molecule has 0 aromatic rings. The van der Waals surface area contributed by atoms with Crippen LogP contribution in [0.1, 0.15) is 26.7 Å². The number of imide groups is 1. The smallest absolute Gasteiger partial charge is 0.232 e. The SMILES string of the molecule is CC(=O)NCCNC(=O)CCN1C(=O)CC(C)C1=O. The molecule has 1 saturated heterocycles. The molecular formula is C12H19N3O4. The standard InChI is InChI=1S/C12H19N3O4/c1-8-7-11(18)15(12(8)19)6-3-10(17)14-5-4-13-9(2)16/h8H,3-7H2,1-2H3,(H,13,16)(H,14,17). The molecule has 1 fully saturated rings. The molecule has 0 aromatic carbocycles. The van der Waals surface area contributed by atoms with E-state index in [0.29, 0.717) is 13.1 Å². The van der Waals surface area contributed by atoms with Crippen LogP contribution in [0.3, 0.4) is 0 Å². The summed E-state index contributed by atoms with van der Waals surface area (Å²) in [6.07, 6.45) is 0.313. The Morgan fingerprint density at radius 3 is 2.42 bits per heavy atom. The predicted molar refractivity (Wildman–Crippen MR) is 66.8 cm³/mol. The van der Waals surface area contributed by atoms with Crippen LogP contribution in [0.15, 0.2) is 0 Å². The van der Waals surface area contributed by atoms with E-state index < -0.39 is 0 Å². The molecule has 106 valence electrons. The van der Waals surface area contributed by atoms with Crippen molar-refractivity contribution < 1.29 is 19.2 Å². The van der Waals surface area contributed by atoms with E-state index in [1.165, 1.54) is 6.92 Å². The third-order valence-electron chi connectivity index (χ3n) is 2.85. The first kappa shape index (κ1) is 15.1. The average Bonchev–Trinajstić information content (AvgIpc) is 2.57. The first-order valence-corrected chi connectivity index (χ1v) is 6.27. The Morgan fingerprint density at radius 1 is 1.26 bits per heavy atom. The van der Waals surface area contributed by atoms with E-state index in [4.69, 9.17) is 0 Å². The summed E-state index contributed by atoms with van der Waals surface area (Å²) in [5, 5.41) is 5.15. The number of carbonyl (C=O) groups is 4. The van der Waals surface area contributed by atoms with Crippen molar-refractivity contribution in [2.75, 3.05) is 19.6 Å². The van der Waals surface area contributed by atoms with Gasteiger partial charge in [-0.15, -0.1) is 0 Å². The second-order valence-corrected chi connectivity index (χ2v) is 4.57. The van der Waals surface area contributed by atoms with Crippen LogP contribution in [0.5, 0.6) is 0 Å². The van der Waals surface area contributed by atoms with Crippen LogP contribution in [0, 0.1) is 5.92 Å². The Bertz CT molecular complexity index is 394. The normalized spacial score (nSPS) is 18.6. The summed E-state index contributed by atoms with van der Waals surface area (Å²) < 4.78 is 0. The molecule has 0 bridgehead atoms. The molecule has 1 atom stereocenters. The minimum atomic E-state index is -0.282. The molecule has 1 rings (SSSR count). The van der Waals surface area contributed by atoms with Crippen LogP contribution in [-0.4, -0.2) is 48.2 Å². The van der Waals surface area contributed by atoms with Gasteiger partial charge in [-0.05, 0) is 0 Å². The second kappa shape index (κ2) is 6.86. The molecule has 0 radical (unpaired) electrons. The van der Waals surface area contributed by atoms with Crippen LogP contribution in [0.2, 0.25) is 0 Å². The lowest BCUT2D eigenvalue weighted by Gasteiger charge is -2.14. The summed E-state index contributed by atoms with van der Waals surface area (Å²) in [5.74, 6) is -1.11. The van der Waals surface area contributed by atoms with E-state index >= 15 is 0 Å². The van der Waals surface area contributed by atoms with Crippen molar-refractivity contribution in [3.05, 3.63) is 0 Å². The van der Waals surface area contributed by atoms with Crippen molar-refractivity contribution >= 4 is 23.6 Å². The minimum Gasteiger partial charge on any atom is -0.355 e. The molecule has 0 saturated carbocycles. The van der Waals surface area contributed by atoms with Crippen molar-refractivity contribution in [2.45, 2.75) is 26.7 Å². The van der Waals surface area contributed by atoms with Gasteiger partial charge in [0.2, 0.25) is 23.6 Å². The fourth-order valence-electron chi connectivity index (χ4n) is 1.83. The third kappa shape index (κ3) is 4.69. The molecule has 0 aliphatic carbocycles. The molecule has 0 spiro atoms. The zero-order chi connectivity index (χ0) is 14.4. The fourth-order valence-corrected chi connectivity index (χ4v) is 1.83. The topological polar surface area (TPSA) is 95.6 Å². The van der Waals surface area contributed by atoms with E-state index in [0.717, 1.165) is 4.90 Å². The van der Waals surface area contributed by atoms with E-state index in [-0.39, 0.29) is 48.9 Å². The highest BCUT2D eigenvalue weighted by molar-refractivity contribution is 6.03. The Hall–Kier alpha value is -1.92. The van der Waals surface area contributed by atoms with E-state index in [9.17, 15) is 19.2 Å². The quantitative estimate of drug-likeness (QED) is 0.479. The molecule has 1 aliphatic heterocycles. The van der Waals surface area contributed by atoms with Gasteiger partial charge < -0.3 is 10.6 Å². The van der Waals surface area contributed by atoms with Gasteiger partial charge in [-0.25, -0.2) is 0 Å². The van der Waals surface area contributed by atoms with Crippen molar-refractivity contribution in [1.82, 2.24) is 15.5 Å². The maximum atomic E-state index is 11.6. The maximum Gasteiger partial charge on any atom is 0.232 e. The fraction of sp³-hybridized carbons (Fsp3) is 0.667. The van der Waals surface area contributed by atoms with Gasteiger partial charge in [0.1, 0.15) is 0 Å². The Morgan fingerprint density at radius 2 is 1.89 bits per heavy atom. The minimum absolute atomic E-state index is 0.0876. The van der Waals surface area contributed by atoms with E-state index in [1.54, 1.807) is 6.92 Å². The molecule has 1 heterocycles. The first-order valence-electron chi connectivity index (χ1n) is 6.27. The molecule has 7 heteroatoms. The molecule has 4 amide bonds.